The molecule has 0 saturated carbocycles. The summed E-state index contributed by atoms with van der Waals surface area (Å²) in [6, 6.07) is 45.8. The zero-order valence-corrected chi connectivity index (χ0v) is 25.0. The molecule has 1 aromatic heterocycles. The molecule has 1 aliphatic carbocycles. The summed E-state index contributed by atoms with van der Waals surface area (Å²) in [5, 5.41) is 7.33. The van der Waals surface area contributed by atoms with Gasteiger partial charge in [-0.3, -0.25) is 0 Å². The normalized spacial score (nSPS) is 12.7. The summed E-state index contributed by atoms with van der Waals surface area (Å²) >= 11 is 0. The third kappa shape index (κ3) is 4.89. The monoisotopic (exact) mass is 567 g/mol. The van der Waals surface area contributed by atoms with Crippen LogP contribution in [0.5, 0.6) is 0 Å². The van der Waals surface area contributed by atoms with Crippen LogP contribution < -0.4 is 5.32 Å². The molecule has 0 spiro atoms. The molecule has 0 amide bonds. The lowest BCUT2D eigenvalue weighted by molar-refractivity contribution is 0.544. The summed E-state index contributed by atoms with van der Waals surface area (Å²) in [6.07, 6.45) is 4.34. The van der Waals surface area contributed by atoms with Crippen molar-refractivity contribution in [2.45, 2.75) is 26.7 Å². The molecule has 2 nitrogen and oxygen atoms in total. The van der Waals surface area contributed by atoms with Crippen molar-refractivity contribution in [1.29, 1.82) is 0 Å². The van der Waals surface area contributed by atoms with Crippen LogP contribution in [-0.2, 0) is 6.42 Å². The van der Waals surface area contributed by atoms with E-state index in [1.807, 2.05) is 0 Å². The van der Waals surface area contributed by atoms with Gasteiger partial charge in [0.2, 0.25) is 0 Å². The van der Waals surface area contributed by atoms with Crippen LogP contribution >= 0.6 is 0 Å². The molecule has 1 aliphatic rings. The Morgan fingerprint density at radius 2 is 1.14 bits per heavy atom. The molecule has 0 bridgehead atoms. The average Bonchev–Trinajstić information content (AvgIpc) is 3.42. The van der Waals surface area contributed by atoms with Gasteiger partial charge in [0, 0.05) is 34.3 Å². The van der Waals surface area contributed by atoms with Gasteiger partial charge in [-0.25, -0.2) is 0 Å². The largest absolute Gasteiger partial charge is 0.460 e. The Labute approximate surface area is 258 Å². The Bertz CT molecular complexity index is 2180. The van der Waals surface area contributed by atoms with Crippen LogP contribution in [0.4, 0.5) is 11.4 Å². The Hall–Kier alpha value is -5.34. The molecule has 0 unspecified atom stereocenters. The number of hydrogen-bond donors (Lipinski definition) is 1. The van der Waals surface area contributed by atoms with E-state index < -0.39 is 0 Å². The third-order valence-corrected chi connectivity index (χ3v) is 8.86. The molecule has 0 atom stereocenters. The highest BCUT2D eigenvalue weighted by Gasteiger charge is 2.19. The van der Waals surface area contributed by atoms with E-state index in [9.17, 15) is 0 Å². The highest BCUT2D eigenvalue weighted by Crippen LogP contribution is 2.39. The number of aryl methyl sites for hydroxylation is 2. The summed E-state index contributed by atoms with van der Waals surface area (Å²) in [5.74, 6) is 1.11. The quantitative estimate of drug-likeness (QED) is 0.224. The van der Waals surface area contributed by atoms with Gasteiger partial charge in [-0.1, -0.05) is 96.6 Å². The smallest absolute Gasteiger partial charge is 0.142 e. The maximum Gasteiger partial charge on any atom is 0.142 e. The fraction of sp³-hybridized carbons (Fsp3) is 0.0952. The van der Waals surface area contributed by atoms with E-state index in [1.54, 1.807) is 0 Å². The first-order chi connectivity index (χ1) is 21.6. The molecule has 8 rings (SSSR count). The summed E-state index contributed by atoms with van der Waals surface area (Å²) in [6.45, 7) is 4.38. The topological polar surface area (TPSA) is 25.2 Å². The lowest BCUT2D eigenvalue weighted by atomic mass is 9.94. The molecule has 2 heteroatoms. The van der Waals surface area contributed by atoms with E-state index in [-0.39, 0.29) is 0 Å². The van der Waals surface area contributed by atoms with Crippen molar-refractivity contribution in [3.05, 3.63) is 150 Å². The van der Waals surface area contributed by atoms with Crippen LogP contribution in [0.3, 0.4) is 0 Å². The van der Waals surface area contributed by atoms with Crippen LogP contribution in [0.2, 0.25) is 0 Å². The summed E-state index contributed by atoms with van der Waals surface area (Å²) in [7, 11) is 0. The Balaban J connectivity index is 0.992. The summed E-state index contributed by atoms with van der Waals surface area (Å²) in [4.78, 5) is 0. The SMILES string of the molecule is CC1=Cc2c(oc3c(-c4ccc(Nc5ccc(-c6ccc(-c7ccc8ccccc8c7)cc6)cc5)cc4)cc(C)cc23)CC1. The van der Waals surface area contributed by atoms with E-state index in [1.165, 1.54) is 60.7 Å². The first kappa shape index (κ1) is 26.3. The van der Waals surface area contributed by atoms with E-state index in [0.717, 1.165) is 41.1 Å². The second-order valence-electron chi connectivity index (χ2n) is 12.0. The van der Waals surface area contributed by atoms with E-state index in [4.69, 9.17) is 4.42 Å². The van der Waals surface area contributed by atoms with Crippen LogP contribution in [0.1, 0.15) is 30.2 Å². The molecule has 1 N–H and O–H groups in total. The molecule has 1 heterocycles. The molecule has 0 saturated heterocycles. The van der Waals surface area contributed by atoms with Crippen molar-refractivity contribution in [2.75, 3.05) is 5.32 Å². The van der Waals surface area contributed by atoms with Crippen molar-refractivity contribution < 1.29 is 4.42 Å². The minimum absolute atomic E-state index is 0.975. The minimum atomic E-state index is 0.975. The van der Waals surface area contributed by atoms with Crippen molar-refractivity contribution in [1.82, 2.24) is 0 Å². The minimum Gasteiger partial charge on any atom is -0.460 e. The number of allylic oxidation sites excluding steroid dienone is 1. The van der Waals surface area contributed by atoms with Crippen molar-refractivity contribution >= 4 is 39.2 Å². The number of anilines is 2. The molecule has 6 aromatic carbocycles. The zero-order valence-electron chi connectivity index (χ0n) is 25.0. The zero-order chi connectivity index (χ0) is 29.6. The standard InChI is InChI=1S/C42H33NO/c1-27-7-22-41-39(23-27)40-25-28(2)24-38(42(40)44-41)33-16-20-37(21-17-33)43-36-18-14-31(15-19-36)30-8-10-32(11-9-30)35-13-12-29-5-3-4-6-34(29)26-35/h3-6,8-21,23-26,43H,7,22H2,1-2H3. The van der Waals surface area contributed by atoms with Gasteiger partial charge in [-0.2, -0.15) is 0 Å². The fourth-order valence-electron chi connectivity index (χ4n) is 6.47. The average molecular weight is 568 g/mol. The third-order valence-electron chi connectivity index (χ3n) is 8.86. The van der Waals surface area contributed by atoms with Gasteiger partial charge in [0.1, 0.15) is 11.3 Å². The van der Waals surface area contributed by atoms with Crippen molar-refractivity contribution in [3.8, 4) is 33.4 Å². The van der Waals surface area contributed by atoms with E-state index >= 15 is 0 Å². The van der Waals surface area contributed by atoms with Gasteiger partial charge in [0.15, 0.2) is 0 Å². The molecular formula is C42H33NO. The first-order valence-electron chi connectivity index (χ1n) is 15.4. The van der Waals surface area contributed by atoms with E-state index in [2.05, 4.69) is 153 Å². The lowest BCUT2D eigenvalue weighted by Crippen LogP contribution is -1.93. The van der Waals surface area contributed by atoms with Crippen LogP contribution in [0.25, 0.3) is 61.2 Å². The van der Waals surface area contributed by atoms with Gasteiger partial charge >= 0.3 is 0 Å². The van der Waals surface area contributed by atoms with Crippen LogP contribution in [0, 0.1) is 6.92 Å². The van der Waals surface area contributed by atoms with Gasteiger partial charge in [0.25, 0.3) is 0 Å². The number of nitrogens with one attached hydrogen (secondary N) is 1. The molecule has 0 aliphatic heterocycles. The summed E-state index contributed by atoms with van der Waals surface area (Å²) < 4.78 is 6.44. The Morgan fingerprint density at radius 3 is 1.84 bits per heavy atom. The molecule has 7 aromatic rings. The van der Waals surface area contributed by atoms with Gasteiger partial charge in [0.05, 0.1) is 0 Å². The summed E-state index contributed by atoms with van der Waals surface area (Å²) in [5.41, 5.74) is 14.2. The number of furan rings is 1. The molecule has 0 fully saturated rings. The predicted molar refractivity (Wildman–Crippen MR) is 186 cm³/mol. The van der Waals surface area contributed by atoms with Crippen molar-refractivity contribution in [3.63, 3.8) is 0 Å². The first-order valence-corrected chi connectivity index (χ1v) is 15.4. The number of rotatable bonds is 5. The van der Waals surface area contributed by atoms with Gasteiger partial charge in [-0.15, -0.1) is 0 Å². The number of fused-ring (bicyclic) bond motifs is 4. The fourth-order valence-corrected chi connectivity index (χ4v) is 6.47. The van der Waals surface area contributed by atoms with Gasteiger partial charge < -0.3 is 9.73 Å². The Kier molecular flexibility index (Phi) is 6.42. The Morgan fingerprint density at radius 1 is 0.545 bits per heavy atom. The maximum atomic E-state index is 6.44. The van der Waals surface area contributed by atoms with Crippen LogP contribution in [0.15, 0.2) is 137 Å². The predicted octanol–water partition coefficient (Wildman–Crippen LogP) is 12.0. The maximum absolute atomic E-state index is 6.44. The second-order valence-corrected chi connectivity index (χ2v) is 12.0. The highest BCUT2D eigenvalue weighted by atomic mass is 16.3. The molecule has 0 radical (unpaired) electrons. The lowest BCUT2D eigenvalue weighted by Gasteiger charge is -2.10. The molecule has 44 heavy (non-hydrogen) atoms. The molecule has 212 valence electrons. The van der Waals surface area contributed by atoms with E-state index in [0.29, 0.717) is 0 Å². The van der Waals surface area contributed by atoms with Crippen LogP contribution in [-0.4, -0.2) is 0 Å². The molecular weight excluding hydrogens is 534 g/mol. The number of hydrogen-bond acceptors (Lipinski definition) is 2. The number of benzene rings is 6. The second kappa shape index (κ2) is 10.7. The van der Waals surface area contributed by atoms with Crippen molar-refractivity contribution in [2.24, 2.45) is 0 Å². The van der Waals surface area contributed by atoms with Gasteiger partial charge in [-0.05, 0) is 107 Å². The highest BCUT2D eigenvalue weighted by molar-refractivity contribution is 5.99.